The van der Waals surface area contributed by atoms with Gasteiger partial charge in [0.15, 0.2) is 0 Å². The van der Waals surface area contributed by atoms with Crippen molar-refractivity contribution < 1.29 is 4.42 Å². The summed E-state index contributed by atoms with van der Waals surface area (Å²) in [5.41, 5.74) is 12.3. The van der Waals surface area contributed by atoms with Crippen molar-refractivity contribution in [1.29, 1.82) is 0 Å². The molecule has 2 heterocycles. The summed E-state index contributed by atoms with van der Waals surface area (Å²) in [7, 11) is 0. The second-order valence-electron chi connectivity index (χ2n) is 10.0. The molecule has 0 atom stereocenters. The average molecular weight is 514 g/mol. The van der Waals surface area contributed by atoms with Crippen molar-refractivity contribution in [2.75, 3.05) is 0 Å². The number of fused-ring (bicyclic) bond motifs is 1. The van der Waals surface area contributed by atoms with Crippen LogP contribution in [0, 0.1) is 6.92 Å². The van der Waals surface area contributed by atoms with Crippen molar-refractivity contribution in [3.05, 3.63) is 151 Å². The molecule has 5 aromatic carbocycles. The summed E-state index contributed by atoms with van der Waals surface area (Å²) < 4.78 is 6.28. The smallest absolute Gasteiger partial charge is 0.135 e. The van der Waals surface area contributed by atoms with Gasteiger partial charge in [-0.05, 0) is 76.2 Å². The van der Waals surface area contributed by atoms with E-state index in [1.54, 1.807) is 0 Å². The number of pyridine rings is 1. The molecule has 0 radical (unpaired) electrons. The highest BCUT2D eigenvalue weighted by Gasteiger charge is 2.16. The lowest BCUT2D eigenvalue weighted by atomic mass is 9.89. The lowest BCUT2D eigenvalue weighted by Gasteiger charge is -2.15. The minimum atomic E-state index is 0.884. The molecule has 0 amide bonds. The van der Waals surface area contributed by atoms with Crippen LogP contribution >= 0.6 is 0 Å². The SMILES string of the molecule is Cc1c(-c2cc(-c3cc(-c4ccccc4)ccn3)ccc2-c2ccccc2)ccc2oc(-c3ccccc3)cc12. The predicted molar refractivity (Wildman–Crippen MR) is 166 cm³/mol. The van der Waals surface area contributed by atoms with Crippen LogP contribution in [0.5, 0.6) is 0 Å². The minimum absolute atomic E-state index is 0.884. The van der Waals surface area contributed by atoms with Crippen molar-refractivity contribution in [1.82, 2.24) is 4.98 Å². The maximum absolute atomic E-state index is 6.28. The first-order valence-corrected chi connectivity index (χ1v) is 13.5. The largest absolute Gasteiger partial charge is 0.456 e. The van der Waals surface area contributed by atoms with Crippen molar-refractivity contribution in [3.8, 4) is 56.0 Å². The Kier molecular flexibility index (Phi) is 6.07. The molecule has 0 aliphatic heterocycles. The zero-order chi connectivity index (χ0) is 26.9. The standard InChI is InChI=1S/C38H27NO/c1-26-32(19-20-37-34(26)25-38(40-37)29-15-9-4-10-16-29)35-23-31(17-18-33(35)28-13-7-3-8-14-28)36-24-30(21-22-39-36)27-11-5-2-6-12-27/h2-25H,1H3. The molecular weight excluding hydrogens is 486 g/mol. The molecule has 190 valence electrons. The van der Waals surface area contributed by atoms with Gasteiger partial charge in [-0.1, -0.05) is 109 Å². The monoisotopic (exact) mass is 513 g/mol. The van der Waals surface area contributed by atoms with Gasteiger partial charge in [-0.25, -0.2) is 0 Å². The predicted octanol–water partition coefficient (Wildman–Crippen LogP) is 10.5. The van der Waals surface area contributed by atoms with Crippen molar-refractivity contribution >= 4 is 11.0 Å². The summed E-state index contributed by atoms with van der Waals surface area (Å²) in [5.74, 6) is 0.884. The molecule has 0 saturated heterocycles. The highest BCUT2D eigenvalue weighted by Crippen LogP contribution is 2.40. The van der Waals surface area contributed by atoms with Crippen LogP contribution in [0.15, 0.2) is 150 Å². The van der Waals surface area contributed by atoms with Crippen LogP contribution in [0.1, 0.15) is 5.56 Å². The van der Waals surface area contributed by atoms with Gasteiger partial charge in [0.05, 0.1) is 5.69 Å². The lowest BCUT2D eigenvalue weighted by molar-refractivity contribution is 0.631. The second kappa shape index (κ2) is 10.2. The molecule has 0 saturated carbocycles. The molecule has 0 fully saturated rings. The Labute approximate surface area is 234 Å². The Bertz CT molecular complexity index is 1940. The summed E-state index contributed by atoms with van der Waals surface area (Å²) in [4.78, 5) is 4.77. The first-order valence-electron chi connectivity index (χ1n) is 13.5. The van der Waals surface area contributed by atoms with Gasteiger partial charge >= 0.3 is 0 Å². The molecule has 0 N–H and O–H groups in total. The zero-order valence-corrected chi connectivity index (χ0v) is 22.2. The normalized spacial score (nSPS) is 11.1. The molecule has 0 spiro atoms. The molecule has 0 aliphatic carbocycles. The Balaban J connectivity index is 1.39. The van der Waals surface area contributed by atoms with Crippen molar-refractivity contribution in [2.24, 2.45) is 0 Å². The number of aromatic nitrogens is 1. The van der Waals surface area contributed by atoms with Crippen LogP contribution in [0.4, 0.5) is 0 Å². The topological polar surface area (TPSA) is 26.0 Å². The second-order valence-corrected chi connectivity index (χ2v) is 10.0. The van der Waals surface area contributed by atoms with E-state index in [0.717, 1.165) is 39.1 Å². The Morgan fingerprint density at radius 2 is 1.12 bits per heavy atom. The van der Waals surface area contributed by atoms with Gasteiger partial charge in [0.2, 0.25) is 0 Å². The Hall–Kier alpha value is -5.21. The highest BCUT2D eigenvalue weighted by atomic mass is 16.3. The van der Waals surface area contributed by atoms with Gasteiger partial charge in [-0.15, -0.1) is 0 Å². The first kappa shape index (κ1) is 23.9. The molecular formula is C38H27NO. The highest BCUT2D eigenvalue weighted by molar-refractivity contribution is 5.96. The number of aryl methyl sites for hydroxylation is 1. The number of furan rings is 1. The third-order valence-electron chi connectivity index (χ3n) is 7.59. The molecule has 0 bridgehead atoms. The van der Waals surface area contributed by atoms with E-state index >= 15 is 0 Å². The van der Waals surface area contributed by atoms with E-state index in [1.807, 2.05) is 30.5 Å². The summed E-state index contributed by atoms with van der Waals surface area (Å²) in [6.45, 7) is 2.19. The van der Waals surface area contributed by atoms with E-state index in [9.17, 15) is 0 Å². The fourth-order valence-corrected chi connectivity index (χ4v) is 5.48. The minimum Gasteiger partial charge on any atom is -0.456 e. The molecule has 7 aromatic rings. The average Bonchev–Trinajstić information content (AvgIpc) is 3.48. The number of benzene rings is 5. The maximum atomic E-state index is 6.28. The summed E-state index contributed by atoms with van der Waals surface area (Å²) in [6.07, 6.45) is 1.90. The zero-order valence-electron chi connectivity index (χ0n) is 22.2. The molecule has 2 nitrogen and oxygen atoms in total. The number of rotatable bonds is 5. The number of hydrogen-bond donors (Lipinski definition) is 0. The van der Waals surface area contributed by atoms with Gasteiger partial charge < -0.3 is 4.42 Å². The van der Waals surface area contributed by atoms with E-state index in [2.05, 4.69) is 122 Å². The summed E-state index contributed by atoms with van der Waals surface area (Å²) in [5, 5.41) is 1.13. The fourth-order valence-electron chi connectivity index (χ4n) is 5.48. The molecule has 0 unspecified atom stereocenters. The van der Waals surface area contributed by atoms with Gasteiger partial charge in [0.1, 0.15) is 11.3 Å². The molecule has 0 aliphatic rings. The van der Waals surface area contributed by atoms with Gasteiger partial charge in [0, 0.05) is 22.7 Å². The van der Waals surface area contributed by atoms with Crippen molar-refractivity contribution in [2.45, 2.75) is 6.92 Å². The van der Waals surface area contributed by atoms with Crippen LogP contribution in [-0.2, 0) is 0 Å². The van der Waals surface area contributed by atoms with E-state index < -0.39 is 0 Å². The van der Waals surface area contributed by atoms with Crippen LogP contribution in [-0.4, -0.2) is 4.98 Å². The summed E-state index contributed by atoms with van der Waals surface area (Å²) >= 11 is 0. The summed E-state index contributed by atoms with van der Waals surface area (Å²) in [6, 6.07) is 48.7. The molecule has 40 heavy (non-hydrogen) atoms. The van der Waals surface area contributed by atoms with E-state index in [0.29, 0.717) is 0 Å². The third-order valence-corrected chi connectivity index (χ3v) is 7.59. The van der Waals surface area contributed by atoms with Gasteiger partial charge in [0.25, 0.3) is 0 Å². The molecule has 2 heteroatoms. The van der Waals surface area contributed by atoms with Gasteiger partial charge in [-0.3, -0.25) is 4.98 Å². The van der Waals surface area contributed by atoms with Crippen LogP contribution in [0.2, 0.25) is 0 Å². The number of hydrogen-bond acceptors (Lipinski definition) is 2. The fraction of sp³-hybridized carbons (Fsp3) is 0.0263. The number of nitrogens with zero attached hydrogens (tertiary/aromatic N) is 1. The maximum Gasteiger partial charge on any atom is 0.135 e. The van der Waals surface area contributed by atoms with E-state index in [-0.39, 0.29) is 0 Å². The third kappa shape index (κ3) is 4.40. The van der Waals surface area contributed by atoms with E-state index in [1.165, 1.54) is 33.4 Å². The van der Waals surface area contributed by atoms with Crippen LogP contribution in [0.3, 0.4) is 0 Å². The van der Waals surface area contributed by atoms with Crippen LogP contribution < -0.4 is 0 Å². The van der Waals surface area contributed by atoms with Crippen molar-refractivity contribution in [3.63, 3.8) is 0 Å². The first-order chi connectivity index (χ1) is 19.7. The van der Waals surface area contributed by atoms with Crippen LogP contribution in [0.25, 0.3) is 66.9 Å². The molecule has 2 aromatic heterocycles. The Morgan fingerprint density at radius 3 is 1.85 bits per heavy atom. The quantitative estimate of drug-likeness (QED) is 0.229. The van der Waals surface area contributed by atoms with E-state index in [4.69, 9.17) is 9.40 Å². The molecule has 7 rings (SSSR count). The van der Waals surface area contributed by atoms with Gasteiger partial charge in [-0.2, -0.15) is 0 Å². The lowest BCUT2D eigenvalue weighted by Crippen LogP contribution is -1.92. The Morgan fingerprint density at radius 1 is 0.475 bits per heavy atom.